The highest BCUT2D eigenvalue weighted by Gasteiger charge is 2.11. The van der Waals surface area contributed by atoms with E-state index < -0.39 is 0 Å². The average Bonchev–Trinajstić information content (AvgIpc) is 2.96. The van der Waals surface area contributed by atoms with Crippen molar-refractivity contribution in [3.05, 3.63) is 36.0 Å². The first-order chi connectivity index (χ1) is 9.85. The van der Waals surface area contributed by atoms with Crippen LogP contribution in [0.3, 0.4) is 0 Å². The summed E-state index contributed by atoms with van der Waals surface area (Å²) in [6.45, 7) is 2.78. The molecule has 0 unspecified atom stereocenters. The zero-order valence-electron chi connectivity index (χ0n) is 11.8. The van der Waals surface area contributed by atoms with Gasteiger partial charge < -0.3 is 14.4 Å². The number of hydrogen-bond acceptors (Lipinski definition) is 4. The molecule has 1 aromatic carbocycles. The molecule has 0 saturated heterocycles. The molecular formula is C16H21NO3. The first kappa shape index (κ1) is 14.6. The lowest BCUT2D eigenvalue weighted by molar-refractivity contribution is 0.267. The fourth-order valence-electron chi connectivity index (χ4n) is 2.02. The smallest absolute Gasteiger partial charge is 0.170 e. The largest absolute Gasteiger partial charge is 0.493 e. The maximum Gasteiger partial charge on any atom is 0.170 e. The Morgan fingerprint density at radius 3 is 2.80 bits per heavy atom. The summed E-state index contributed by atoms with van der Waals surface area (Å²) in [5.74, 6) is 1.42. The van der Waals surface area contributed by atoms with Gasteiger partial charge in [0, 0.05) is 6.07 Å². The Kier molecular flexibility index (Phi) is 5.62. The van der Waals surface area contributed by atoms with Gasteiger partial charge in [0.05, 0.1) is 18.8 Å². The highest BCUT2D eigenvalue weighted by atomic mass is 16.5. The first-order valence-corrected chi connectivity index (χ1v) is 7.13. The Hall–Kier alpha value is -1.81. The van der Waals surface area contributed by atoms with E-state index in [2.05, 4.69) is 12.1 Å². The van der Waals surface area contributed by atoms with E-state index in [1.807, 2.05) is 24.3 Å². The molecule has 0 aliphatic carbocycles. The molecule has 1 heterocycles. The third kappa shape index (κ3) is 3.84. The predicted octanol–water partition coefficient (Wildman–Crippen LogP) is 3.79. The van der Waals surface area contributed by atoms with Crippen molar-refractivity contribution in [2.24, 2.45) is 0 Å². The van der Waals surface area contributed by atoms with Crippen LogP contribution in [0.5, 0.6) is 5.75 Å². The second kappa shape index (κ2) is 7.70. The van der Waals surface area contributed by atoms with Gasteiger partial charge in [-0.05, 0) is 18.6 Å². The van der Waals surface area contributed by atoms with E-state index >= 15 is 0 Å². The molecule has 1 aromatic heterocycles. The summed E-state index contributed by atoms with van der Waals surface area (Å²) in [5.41, 5.74) is 1.40. The van der Waals surface area contributed by atoms with Crippen molar-refractivity contribution in [1.82, 2.24) is 5.16 Å². The molecule has 2 aromatic rings. The number of para-hydroxylation sites is 1. The van der Waals surface area contributed by atoms with Gasteiger partial charge in [-0.2, -0.15) is 0 Å². The molecule has 0 aliphatic heterocycles. The number of aromatic nitrogens is 1. The second-order valence-corrected chi connectivity index (χ2v) is 4.75. The molecule has 20 heavy (non-hydrogen) atoms. The summed E-state index contributed by atoms with van der Waals surface area (Å²) >= 11 is 0. The van der Waals surface area contributed by atoms with Crippen LogP contribution in [-0.2, 0) is 6.61 Å². The molecule has 2 rings (SSSR count). The fraction of sp³-hybridized carbons (Fsp3) is 0.438. The van der Waals surface area contributed by atoms with E-state index in [0.717, 1.165) is 17.7 Å². The lowest BCUT2D eigenvalue weighted by Gasteiger charge is -2.09. The molecule has 0 fully saturated rings. The van der Waals surface area contributed by atoms with Crippen LogP contribution in [0, 0.1) is 0 Å². The summed E-state index contributed by atoms with van der Waals surface area (Å²) in [6.07, 6.45) is 4.71. The summed E-state index contributed by atoms with van der Waals surface area (Å²) in [7, 11) is 0. The maximum absolute atomic E-state index is 9.04. The lowest BCUT2D eigenvalue weighted by atomic mass is 10.1. The van der Waals surface area contributed by atoms with Gasteiger partial charge in [-0.3, -0.25) is 0 Å². The van der Waals surface area contributed by atoms with E-state index in [4.69, 9.17) is 14.4 Å². The zero-order chi connectivity index (χ0) is 14.2. The van der Waals surface area contributed by atoms with Crippen molar-refractivity contribution in [2.45, 2.75) is 39.2 Å². The van der Waals surface area contributed by atoms with Crippen LogP contribution in [0.15, 0.2) is 34.9 Å². The van der Waals surface area contributed by atoms with Crippen LogP contribution in [-0.4, -0.2) is 16.9 Å². The lowest BCUT2D eigenvalue weighted by Crippen LogP contribution is -1.98. The van der Waals surface area contributed by atoms with E-state index in [1.54, 1.807) is 6.07 Å². The molecule has 0 spiro atoms. The highest BCUT2D eigenvalue weighted by molar-refractivity contribution is 5.65. The van der Waals surface area contributed by atoms with Crippen molar-refractivity contribution < 1.29 is 14.4 Å². The summed E-state index contributed by atoms with van der Waals surface area (Å²) in [5, 5.41) is 12.8. The topological polar surface area (TPSA) is 55.5 Å². The van der Waals surface area contributed by atoms with E-state index in [-0.39, 0.29) is 6.61 Å². The standard InChI is InChI=1S/C16H21NO3/c1-2-3-4-7-10-19-15-9-6-5-8-14(15)16-11-13(12-18)17-20-16/h5-6,8-9,11,18H,2-4,7,10,12H2,1H3. The Morgan fingerprint density at radius 1 is 1.20 bits per heavy atom. The molecular weight excluding hydrogens is 254 g/mol. The fourth-order valence-corrected chi connectivity index (χ4v) is 2.02. The molecule has 108 valence electrons. The molecule has 0 amide bonds. The predicted molar refractivity (Wildman–Crippen MR) is 77.5 cm³/mol. The normalized spacial score (nSPS) is 10.7. The average molecular weight is 275 g/mol. The maximum atomic E-state index is 9.04. The zero-order valence-corrected chi connectivity index (χ0v) is 11.8. The summed E-state index contributed by atoms with van der Waals surface area (Å²) in [6, 6.07) is 9.47. The molecule has 0 aliphatic rings. The van der Waals surface area contributed by atoms with Gasteiger partial charge in [-0.15, -0.1) is 0 Å². The van der Waals surface area contributed by atoms with E-state index in [9.17, 15) is 0 Å². The Morgan fingerprint density at radius 2 is 2.05 bits per heavy atom. The number of aliphatic hydroxyl groups excluding tert-OH is 1. The minimum absolute atomic E-state index is 0.121. The van der Waals surface area contributed by atoms with Crippen LogP contribution in [0.4, 0.5) is 0 Å². The van der Waals surface area contributed by atoms with Crippen molar-refractivity contribution >= 4 is 0 Å². The molecule has 0 bridgehead atoms. The number of benzene rings is 1. The van der Waals surface area contributed by atoms with Gasteiger partial charge in [0.1, 0.15) is 11.4 Å². The minimum atomic E-state index is -0.121. The number of ether oxygens (including phenoxy) is 1. The summed E-state index contributed by atoms with van der Waals surface area (Å²) in [4.78, 5) is 0. The highest BCUT2D eigenvalue weighted by Crippen LogP contribution is 2.30. The van der Waals surface area contributed by atoms with Crippen molar-refractivity contribution in [2.75, 3.05) is 6.61 Å². The van der Waals surface area contributed by atoms with E-state index in [1.165, 1.54) is 19.3 Å². The number of unbranched alkanes of at least 4 members (excludes halogenated alkanes) is 3. The van der Waals surface area contributed by atoms with Gasteiger partial charge in [-0.1, -0.05) is 43.5 Å². The molecule has 4 heteroatoms. The summed E-state index contributed by atoms with van der Waals surface area (Å²) < 4.78 is 11.1. The van der Waals surface area contributed by atoms with Crippen molar-refractivity contribution in [1.29, 1.82) is 0 Å². The van der Waals surface area contributed by atoms with Crippen molar-refractivity contribution in [3.8, 4) is 17.1 Å². The third-order valence-corrected chi connectivity index (χ3v) is 3.13. The molecule has 4 nitrogen and oxygen atoms in total. The number of rotatable bonds is 8. The van der Waals surface area contributed by atoms with Crippen LogP contribution in [0.25, 0.3) is 11.3 Å². The molecule has 0 radical (unpaired) electrons. The molecule has 1 N–H and O–H groups in total. The Balaban J connectivity index is 2.02. The van der Waals surface area contributed by atoms with Gasteiger partial charge in [0.2, 0.25) is 0 Å². The number of aliphatic hydroxyl groups is 1. The number of nitrogens with zero attached hydrogens (tertiary/aromatic N) is 1. The SMILES string of the molecule is CCCCCCOc1ccccc1-c1cc(CO)no1. The van der Waals surface area contributed by atoms with Crippen LogP contribution >= 0.6 is 0 Å². The molecule has 0 atom stereocenters. The monoisotopic (exact) mass is 275 g/mol. The van der Waals surface area contributed by atoms with Crippen LogP contribution < -0.4 is 4.74 Å². The minimum Gasteiger partial charge on any atom is -0.493 e. The van der Waals surface area contributed by atoms with Gasteiger partial charge in [-0.25, -0.2) is 0 Å². The van der Waals surface area contributed by atoms with Gasteiger partial charge in [0.25, 0.3) is 0 Å². The second-order valence-electron chi connectivity index (χ2n) is 4.75. The van der Waals surface area contributed by atoms with E-state index in [0.29, 0.717) is 18.1 Å². The third-order valence-electron chi connectivity index (χ3n) is 3.13. The number of hydrogen-bond donors (Lipinski definition) is 1. The quantitative estimate of drug-likeness (QED) is 0.745. The Labute approximate surface area is 119 Å². The molecule has 0 saturated carbocycles. The van der Waals surface area contributed by atoms with Crippen LogP contribution in [0.2, 0.25) is 0 Å². The van der Waals surface area contributed by atoms with Crippen molar-refractivity contribution in [3.63, 3.8) is 0 Å². The van der Waals surface area contributed by atoms with Gasteiger partial charge in [0.15, 0.2) is 5.76 Å². The Bertz CT molecular complexity index is 522. The van der Waals surface area contributed by atoms with Gasteiger partial charge >= 0.3 is 0 Å². The first-order valence-electron chi connectivity index (χ1n) is 7.13. The van der Waals surface area contributed by atoms with Crippen LogP contribution in [0.1, 0.15) is 38.3 Å².